The second kappa shape index (κ2) is 8.10. The molecule has 0 saturated heterocycles. The van der Waals surface area contributed by atoms with Gasteiger partial charge < -0.3 is 15.1 Å². The Kier molecular flexibility index (Phi) is 6.12. The lowest BCUT2D eigenvalue weighted by Gasteiger charge is -2.25. The van der Waals surface area contributed by atoms with Gasteiger partial charge >= 0.3 is 11.9 Å². The summed E-state index contributed by atoms with van der Waals surface area (Å²) in [6, 6.07) is 16.8. The maximum absolute atomic E-state index is 12.9. The predicted octanol–water partition coefficient (Wildman–Crippen LogP) is 2.65. The number of hydrogen-bond donors (Lipinski definition) is 3. The van der Waals surface area contributed by atoms with Gasteiger partial charge in [-0.2, -0.15) is 0 Å². The summed E-state index contributed by atoms with van der Waals surface area (Å²) in [7, 11) is -4.56. The molecule has 0 saturated carbocycles. The summed E-state index contributed by atoms with van der Waals surface area (Å²) in [4.78, 5) is 33.7. The lowest BCUT2D eigenvalue weighted by molar-refractivity contribution is -0.136. The quantitative estimate of drug-likeness (QED) is 0.623. The molecule has 0 radical (unpaired) electrons. The Morgan fingerprint density at radius 3 is 1.36 bits per heavy atom. The van der Waals surface area contributed by atoms with E-state index in [1.807, 2.05) is 0 Å². The van der Waals surface area contributed by atoms with Crippen LogP contribution in [0.3, 0.4) is 0 Å². The average Bonchev–Trinajstić information content (AvgIpc) is 2.58. The van der Waals surface area contributed by atoms with E-state index in [1.54, 1.807) is 60.7 Å². The second-order valence-electron chi connectivity index (χ2n) is 5.76. The summed E-state index contributed by atoms with van der Waals surface area (Å²) in [6.45, 7) is 0. The number of benzene rings is 2. The van der Waals surface area contributed by atoms with Crippen molar-refractivity contribution in [2.45, 2.75) is 24.2 Å². The molecule has 0 fully saturated rings. The van der Waals surface area contributed by atoms with Gasteiger partial charge in [0.05, 0.1) is 0 Å². The van der Waals surface area contributed by atoms with Gasteiger partial charge in [0, 0.05) is 0 Å². The molecule has 0 amide bonds. The van der Waals surface area contributed by atoms with Crippen LogP contribution in [0.15, 0.2) is 60.7 Å². The third-order valence-corrected chi connectivity index (χ3v) is 6.60. The van der Waals surface area contributed by atoms with Crippen molar-refractivity contribution in [3.05, 3.63) is 71.8 Å². The van der Waals surface area contributed by atoms with Crippen molar-refractivity contribution in [1.82, 2.24) is 0 Å². The largest absolute Gasteiger partial charge is 0.481 e. The normalized spacial score (nSPS) is 13.8. The molecule has 0 aromatic heterocycles. The summed E-state index contributed by atoms with van der Waals surface area (Å²) < 4.78 is 12.9. The maximum atomic E-state index is 12.9. The number of carboxylic acid groups (broad SMARTS) is 2. The minimum absolute atomic E-state index is 0.206. The van der Waals surface area contributed by atoms with Crippen LogP contribution in [0.2, 0.25) is 0 Å². The first-order valence-electron chi connectivity index (χ1n) is 7.68. The monoisotopic (exact) mass is 362 g/mol. The molecule has 0 bridgehead atoms. The number of carboxylic acids is 2. The first kappa shape index (κ1) is 18.9. The molecule has 3 N–H and O–H groups in total. The summed E-state index contributed by atoms with van der Waals surface area (Å²) in [5.74, 6) is -2.96. The number of carbonyl (C=O) groups is 2. The molecule has 0 aliphatic rings. The van der Waals surface area contributed by atoms with Crippen molar-refractivity contribution in [1.29, 1.82) is 0 Å². The van der Waals surface area contributed by atoms with Crippen LogP contribution in [-0.2, 0) is 27.0 Å². The van der Waals surface area contributed by atoms with E-state index in [9.17, 15) is 29.3 Å². The molecule has 0 heterocycles. The van der Waals surface area contributed by atoms with Gasteiger partial charge in [0.1, 0.15) is 11.3 Å². The van der Waals surface area contributed by atoms with Crippen molar-refractivity contribution in [3.63, 3.8) is 0 Å². The highest BCUT2D eigenvalue weighted by molar-refractivity contribution is 7.61. The van der Waals surface area contributed by atoms with Crippen LogP contribution in [0.25, 0.3) is 0 Å². The highest BCUT2D eigenvalue weighted by Crippen LogP contribution is 2.53. The lowest BCUT2D eigenvalue weighted by Crippen LogP contribution is -2.33. The molecule has 2 aromatic carbocycles. The van der Waals surface area contributed by atoms with Crippen LogP contribution >= 0.6 is 7.37 Å². The molecule has 0 unspecified atom stereocenters. The summed E-state index contributed by atoms with van der Waals surface area (Å²) in [5.41, 5.74) is -2.24. The number of hydrogen-bond acceptors (Lipinski definition) is 3. The molecule has 7 heteroatoms. The number of aliphatic carboxylic acids is 2. The summed E-state index contributed by atoms with van der Waals surface area (Å²) in [6.07, 6.45) is -0.412. The highest BCUT2D eigenvalue weighted by atomic mass is 31.2. The molecule has 2 aromatic rings. The Bertz CT molecular complexity index is 711. The third-order valence-electron chi connectivity index (χ3n) is 4.01. The zero-order chi connectivity index (χ0) is 18.4. The molecule has 0 aliphatic carbocycles. The fourth-order valence-electron chi connectivity index (χ4n) is 2.64. The van der Waals surface area contributed by atoms with Crippen molar-refractivity contribution in [2.75, 3.05) is 0 Å². The first-order chi connectivity index (χ1) is 11.8. The van der Waals surface area contributed by atoms with Crippen LogP contribution in [-0.4, -0.2) is 38.4 Å². The van der Waals surface area contributed by atoms with Crippen LogP contribution in [0.5, 0.6) is 0 Å². The molecule has 0 aliphatic heterocycles. The summed E-state index contributed by atoms with van der Waals surface area (Å²) in [5, 5.41) is 18.9. The summed E-state index contributed by atoms with van der Waals surface area (Å²) >= 11 is 0. The minimum atomic E-state index is -4.56. The van der Waals surface area contributed by atoms with Crippen molar-refractivity contribution in [2.24, 2.45) is 0 Å². The molecular formula is C18H19O6P. The van der Waals surface area contributed by atoms with Crippen molar-refractivity contribution < 1.29 is 29.3 Å². The minimum Gasteiger partial charge on any atom is -0.481 e. The van der Waals surface area contributed by atoms with Gasteiger partial charge in [0.25, 0.3) is 0 Å². The van der Waals surface area contributed by atoms with E-state index >= 15 is 0 Å². The molecule has 0 spiro atoms. The van der Waals surface area contributed by atoms with E-state index in [0.29, 0.717) is 11.1 Å². The Labute approximate surface area is 145 Å². The van der Waals surface area contributed by atoms with Crippen LogP contribution < -0.4 is 0 Å². The zero-order valence-corrected chi connectivity index (χ0v) is 14.3. The van der Waals surface area contributed by atoms with Gasteiger partial charge in [-0.15, -0.1) is 0 Å². The zero-order valence-electron chi connectivity index (χ0n) is 13.4. The van der Waals surface area contributed by atoms with Crippen LogP contribution in [0, 0.1) is 0 Å². The van der Waals surface area contributed by atoms with E-state index in [0.717, 1.165) is 0 Å². The molecule has 132 valence electrons. The molecule has 2 atom stereocenters. The molecule has 25 heavy (non-hydrogen) atoms. The molecular weight excluding hydrogens is 343 g/mol. The van der Waals surface area contributed by atoms with Gasteiger partial charge in [-0.3, -0.25) is 14.2 Å². The lowest BCUT2D eigenvalue weighted by atomic mass is 10.1. The smallest absolute Gasteiger partial charge is 0.316 e. The SMILES string of the molecule is O=C(O)[C@H](Cc1ccccc1)P(=O)(O)[C@@H](Cc1ccccc1)C(=O)O. The van der Waals surface area contributed by atoms with Gasteiger partial charge in [-0.05, 0) is 24.0 Å². The maximum Gasteiger partial charge on any atom is 0.316 e. The Morgan fingerprint density at radius 1 is 0.760 bits per heavy atom. The van der Waals surface area contributed by atoms with Crippen molar-refractivity contribution in [3.8, 4) is 0 Å². The average molecular weight is 362 g/mol. The Morgan fingerprint density at radius 2 is 1.08 bits per heavy atom. The Hall–Kier alpha value is -2.43. The van der Waals surface area contributed by atoms with E-state index in [4.69, 9.17) is 0 Å². The third kappa shape index (κ3) is 4.78. The Balaban J connectivity index is 2.33. The molecule has 6 nitrogen and oxygen atoms in total. The van der Waals surface area contributed by atoms with Crippen LogP contribution in [0.1, 0.15) is 11.1 Å². The van der Waals surface area contributed by atoms with Gasteiger partial charge in [-0.25, -0.2) is 0 Å². The van der Waals surface area contributed by atoms with Gasteiger partial charge in [0.2, 0.25) is 7.37 Å². The van der Waals surface area contributed by atoms with Gasteiger partial charge in [-0.1, -0.05) is 60.7 Å². The topological polar surface area (TPSA) is 112 Å². The fraction of sp³-hybridized carbons (Fsp3) is 0.222. The standard InChI is InChI=1S/C18H19O6P/c19-17(20)15(11-13-7-3-1-4-8-13)25(23,24)16(18(21)22)12-14-9-5-2-6-10-14/h1-10,15-16H,11-12H2,(H,19,20)(H,21,22)(H,23,24)/t15-,16-/m0/s1. The fourth-order valence-corrected chi connectivity index (χ4v) is 4.66. The second-order valence-corrected chi connectivity index (χ2v) is 8.35. The van der Waals surface area contributed by atoms with E-state index in [1.165, 1.54) is 0 Å². The predicted molar refractivity (Wildman–Crippen MR) is 93.0 cm³/mol. The van der Waals surface area contributed by atoms with Crippen molar-refractivity contribution >= 4 is 19.3 Å². The van der Waals surface area contributed by atoms with E-state index < -0.39 is 30.6 Å². The first-order valence-corrected chi connectivity index (χ1v) is 9.47. The van der Waals surface area contributed by atoms with Crippen LogP contribution in [0.4, 0.5) is 0 Å². The highest BCUT2D eigenvalue weighted by Gasteiger charge is 2.47. The van der Waals surface area contributed by atoms with E-state index in [2.05, 4.69) is 0 Å². The van der Waals surface area contributed by atoms with Gasteiger partial charge in [0.15, 0.2) is 0 Å². The molecule has 2 rings (SSSR count). The van der Waals surface area contributed by atoms with E-state index in [-0.39, 0.29) is 12.8 Å². The number of rotatable bonds is 8.